The number of aryl methyl sites for hydroxylation is 1. The molecule has 0 aliphatic heterocycles. The molecule has 0 bridgehead atoms. The molecule has 0 aliphatic carbocycles. The van der Waals surface area contributed by atoms with Gasteiger partial charge in [0.1, 0.15) is 0 Å². The average molecular weight is 421 g/mol. The van der Waals surface area contributed by atoms with Crippen LogP contribution in [0, 0.1) is 0 Å². The molecule has 0 aliphatic rings. The van der Waals surface area contributed by atoms with Crippen molar-refractivity contribution in [1.29, 1.82) is 0 Å². The summed E-state index contributed by atoms with van der Waals surface area (Å²) in [5, 5.41) is 15.0. The molecule has 1 N–H and O–H groups in total. The third-order valence-corrected chi connectivity index (χ3v) is 4.27. The fourth-order valence-corrected chi connectivity index (χ4v) is 2.73. The summed E-state index contributed by atoms with van der Waals surface area (Å²) in [6.45, 7) is 5.29. The van der Waals surface area contributed by atoms with Gasteiger partial charge in [0.15, 0.2) is 5.78 Å². The number of esters is 1. The molecule has 1 amide bonds. The van der Waals surface area contributed by atoms with Crippen molar-refractivity contribution in [2.75, 3.05) is 5.32 Å². The second-order valence-corrected chi connectivity index (χ2v) is 7.18. The number of Topliss-reactive ketones (excluding diaryl/α,β-unsaturated/α-hetero) is 1. The number of carbonyl (C=O) groups is 3. The van der Waals surface area contributed by atoms with Gasteiger partial charge in [-0.2, -0.15) is 4.80 Å². The molecule has 2 aromatic carbocycles. The zero-order valence-corrected chi connectivity index (χ0v) is 17.5. The fourth-order valence-electron chi connectivity index (χ4n) is 2.73. The molecule has 1 aromatic heterocycles. The molecule has 0 saturated heterocycles. The SMILES string of the molecule is CC(=O)c1ccc(NC(=O)CCn2nnc(-c3cccc(C(=O)OC(C)C)c3)n2)cc1. The normalized spacial score (nSPS) is 10.7. The number of benzene rings is 2. The largest absolute Gasteiger partial charge is 0.459 e. The highest BCUT2D eigenvalue weighted by Gasteiger charge is 2.13. The van der Waals surface area contributed by atoms with Crippen molar-refractivity contribution in [3.05, 3.63) is 59.7 Å². The third kappa shape index (κ3) is 6.05. The Balaban J connectivity index is 1.58. The summed E-state index contributed by atoms with van der Waals surface area (Å²) in [7, 11) is 0. The van der Waals surface area contributed by atoms with E-state index in [-0.39, 0.29) is 30.8 Å². The van der Waals surface area contributed by atoms with Crippen LogP contribution in [0.25, 0.3) is 11.4 Å². The number of amides is 1. The molecular formula is C22H23N5O4. The van der Waals surface area contributed by atoms with Gasteiger partial charge in [0.2, 0.25) is 11.7 Å². The minimum absolute atomic E-state index is 0.0340. The van der Waals surface area contributed by atoms with E-state index < -0.39 is 5.97 Å². The predicted molar refractivity (Wildman–Crippen MR) is 113 cm³/mol. The molecule has 0 fully saturated rings. The summed E-state index contributed by atoms with van der Waals surface area (Å²) in [6.07, 6.45) is -0.0706. The fraction of sp³-hybridized carbons (Fsp3) is 0.273. The minimum Gasteiger partial charge on any atom is -0.459 e. The molecule has 3 rings (SSSR count). The van der Waals surface area contributed by atoms with Crippen molar-refractivity contribution in [1.82, 2.24) is 20.2 Å². The lowest BCUT2D eigenvalue weighted by molar-refractivity contribution is -0.116. The summed E-state index contributed by atoms with van der Waals surface area (Å²) in [6, 6.07) is 13.5. The van der Waals surface area contributed by atoms with Gasteiger partial charge in [-0.1, -0.05) is 12.1 Å². The molecular weight excluding hydrogens is 398 g/mol. The van der Waals surface area contributed by atoms with Gasteiger partial charge in [-0.25, -0.2) is 4.79 Å². The van der Waals surface area contributed by atoms with E-state index in [2.05, 4.69) is 20.7 Å². The number of ether oxygens (including phenoxy) is 1. The van der Waals surface area contributed by atoms with Crippen LogP contribution < -0.4 is 5.32 Å². The van der Waals surface area contributed by atoms with Crippen LogP contribution in [0.1, 0.15) is 47.9 Å². The van der Waals surface area contributed by atoms with Gasteiger partial charge in [0, 0.05) is 23.2 Å². The van der Waals surface area contributed by atoms with Crippen LogP contribution in [0.2, 0.25) is 0 Å². The van der Waals surface area contributed by atoms with E-state index in [0.717, 1.165) is 0 Å². The number of anilines is 1. The number of nitrogens with one attached hydrogen (secondary N) is 1. The molecule has 0 saturated carbocycles. The second-order valence-electron chi connectivity index (χ2n) is 7.18. The van der Waals surface area contributed by atoms with Gasteiger partial charge in [-0.15, -0.1) is 10.2 Å². The first kappa shape index (κ1) is 21.8. The quantitative estimate of drug-likeness (QED) is 0.439. The number of aromatic nitrogens is 4. The van der Waals surface area contributed by atoms with Crippen molar-refractivity contribution in [2.45, 2.75) is 39.8 Å². The topological polar surface area (TPSA) is 116 Å². The molecule has 0 unspecified atom stereocenters. The summed E-state index contributed by atoms with van der Waals surface area (Å²) in [4.78, 5) is 36.9. The average Bonchev–Trinajstić information content (AvgIpc) is 3.21. The maximum absolute atomic E-state index is 12.2. The zero-order chi connectivity index (χ0) is 22.4. The van der Waals surface area contributed by atoms with Crippen molar-refractivity contribution >= 4 is 23.3 Å². The van der Waals surface area contributed by atoms with Crippen LogP contribution in [-0.4, -0.2) is 44.0 Å². The van der Waals surface area contributed by atoms with Gasteiger partial charge < -0.3 is 10.1 Å². The maximum Gasteiger partial charge on any atom is 0.338 e. The highest BCUT2D eigenvalue weighted by molar-refractivity contribution is 5.95. The van der Waals surface area contributed by atoms with Gasteiger partial charge in [-0.05, 0) is 62.4 Å². The number of carbonyl (C=O) groups excluding carboxylic acids is 3. The Hall–Kier alpha value is -3.88. The Labute approximate surface area is 179 Å². The van der Waals surface area contributed by atoms with Crippen LogP contribution in [0.4, 0.5) is 5.69 Å². The molecule has 0 spiro atoms. The molecule has 1 heterocycles. The van der Waals surface area contributed by atoms with E-state index in [1.807, 2.05) is 0 Å². The highest BCUT2D eigenvalue weighted by atomic mass is 16.5. The number of tetrazole rings is 1. The number of hydrogen-bond acceptors (Lipinski definition) is 7. The van der Waals surface area contributed by atoms with Gasteiger partial charge in [0.25, 0.3) is 0 Å². The first-order chi connectivity index (χ1) is 14.8. The summed E-state index contributed by atoms with van der Waals surface area (Å²) in [5.74, 6) is -0.321. The lowest BCUT2D eigenvalue weighted by atomic mass is 10.1. The number of rotatable bonds is 8. The van der Waals surface area contributed by atoms with Gasteiger partial charge in [0.05, 0.1) is 18.2 Å². The number of nitrogens with zero attached hydrogens (tertiary/aromatic N) is 4. The molecule has 0 atom stereocenters. The number of ketones is 1. The van der Waals surface area contributed by atoms with Crippen LogP contribution in [-0.2, 0) is 16.1 Å². The Bertz CT molecular complexity index is 1090. The molecule has 160 valence electrons. The van der Waals surface area contributed by atoms with Gasteiger partial charge >= 0.3 is 5.97 Å². The maximum atomic E-state index is 12.2. The van der Waals surface area contributed by atoms with E-state index in [1.54, 1.807) is 62.4 Å². The molecule has 9 heteroatoms. The van der Waals surface area contributed by atoms with E-state index in [9.17, 15) is 14.4 Å². The van der Waals surface area contributed by atoms with Gasteiger partial charge in [-0.3, -0.25) is 9.59 Å². The Morgan fingerprint density at radius 2 is 1.81 bits per heavy atom. The van der Waals surface area contributed by atoms with E-state index in [4.69, 9.17) is 4.74 Å². The monoisotopic (exact) mass is 421 g/mol. The number of hydrogen-bond donors (Lipinski definition) is 1. The Morgan fingerprint density at radius 3 is 2.48 bits per heavy atom. The first-order valence-corrected chi connectivity index (χ1v) is 9.82. The predicted octanol–water partition coefficient (Wildman–Crippen LogP) is 3.14. The van der Waals surface area contributed by atoms with Crippen molar-refractivity contribution in [3.8, 4) is 11.4 Å². The van der Waals surface area contributed by atoms with E-state index >= 15 is 0 Å². The lowest BCUT2D eigenvalue weighted by Gasteiger charge is -2.08. The van der Waals surface area contributed by atoms with Crippen LogP contribution in [0.3, 0.4) is 0 Å². The second kappa shape index (κ2) is 9.75. The molecule has 9 nitrogen and oxygen atoms in total. The standard InChI is InChI=1S/C22H23N5O4/c1-14(2)31-22(30)18-6-4-5-17(13-18)21-24-26-27(25-21)12-11-20(29)23-19-9-7-16(8-10-19)15(3)28/h4-10,13-14H,11-12H2,1-3H3,(H,23,29). The van der Waals surface area contributed by atoms with Crippen LogP contribution >= 0.6 is 0 Å². The van der Waals surface area contributed by atoms with Crippen LogP contribution in [0.15, 0.2) is 48.5 Å². The molecule has 3 aromatic rings. The van der Waals surface area contributed by atoms with E-state index in [0.29, 0.717) is 28.2 Å². The van der Waals surface area contributed by atoms with Crippen molar-refractivity contribution in [3.63, 3.8) is 0 Å². The van der Waals surface area contributed by atoms with Crippen LogP contribution in [0.5, 0.6) is 0 Å². The van der Waals surface area contributed by atoms with E-state index in [1.165, 1.54) is 11.7 Å². The van der Waals surface area contributed by atoms with Crippen molar-refractivity contribution < 1.29 is 19.1 Å². The minimum atomic E-state index is -0.419. The summed E-state index contributed by atoms with van der Waals surface area (Å²) in [5.41, 5.74) is 2.21. The lowest BCUT2D eigenvalue weighted by Crippen LogP contribution is -2.15. The Kier molecular flexibility index (Phi) is 6.86. The smallest absolute Gasteiger partial charge is 0.338 e. The van der Waals surface area contributed by atoms with Crippen molar-refractivity contribution in [2.24, 2.45) is 0 Å². The highest BCUT2D eigenvalue weighted by Crippen LogP contribution is 2.17. The first-order valence-electron chi connectivity index (χ1n) is 9.82. The Morgan fingerprint density at radius 1 is 1.06 bits per heavy atom. The molecule has 31 heavy (non-hydrogen) atoms. The zero-order valence-electron chi connectivity index (χ0n) is 17.5. The summed E-state index contributed by atoms with van der Waals surface area (Å²) >= 11 is 0. The molecule has 0 radical (unpaired) electrons. The summed E-state index contributed by atoms with van der Waals surface area (Å²) < 4.78 is 5.20. The third-order valence-electron chi connectivity index (χ3n) is 4.27.